The number of rotatable bonds is 2. The third kappa shape index (κ3) is 2.78. The summed E-state index contributed by atoms with van der Waals surface area (Å²) >= 11 is 1.83. The van der Waals surface area contributed by atoms with Crippen molar-refractivity contribution in [2.75, 3.05) is 0 Å². The summed E-state index contributed by atoms with van der Waals surface area (Å²) in [6.45, 7) is 13.2. The van der Waals surface area contributed by atoms with E-state index in [-0.39, 0.29) is 0 Å². The summed E-state index contributed by atoms with van der Waals surface area (Å²) < 4.78 is 0. The van der Waals surface area contributed by atoms with Crippen molar-refractivity contribution in [1.82, 2.24) is 0 Å². The first kappa shape index (κ1) is 10.1. The SMILES string of the molecule is [C-]#[N+]c1ccc(SC(C)C)cc1C. The molecular weight excluding hydrogens is 178 g/mol. The number of hydrogen-bond acceptors (Lipinski definition) is 1. The van der Waals surface area contributed by atoms with E-state index < -0.39 is 0 Å². The molecule has 0 unspecified atom stereocenters. The molecule has 0 aliphatic carbocycles. The second-order valence-corrected chi connectivity index (χ2v) is 4.88. The molecule has 0 aromatic heterocycles. The average molecular weight is 191 g/mol. The minimum atomic E-state index is 0.596. The van der Waals surface area contributed by atoms with Crippen molar-refractivity contribution in [1.29, 1.82) is 0 Å². The minimum Gasteiger partial charge on any atom is -0.238 e. The first-order valence-electron chi connectivity index (χ1n) is 4.28. The van der Waals surface area contributed by atoms with Crippen LogP contribution in [-0.2, 0) is 0 Å². The van der Waals surface area contributed by atoms with E-state index in [2.05, 4.69) is 24.8 Å². The van der Waals surface area contributed by atoms with E-state index in [1.54, 1.807) is 0 Å². The summed E-state index contributed by atoms with van der Waals surface area (Å²) in [6, 6.07) is 6.00. The second kappa shape index (κ2) is 4.34. The summed E-state index contributed by atoms with van der Waals surface area (Å²) in [6.07, 6.45) is 0. The van der Waals surface area contributed by atoms with Crippen LogP contribution in [0.1, 0.15) is 19.4 Å². The third-order valence-electron chi connectivity index (χ3n) is 1.66. The van der Waals surface area contributed by atoms with Crippen molar-refractivity contribution in [3.05, 3.63) is 35.2 Å². The van der Waals surface area contributed by atoms with Crippen LogP contribution in [0.15, 0.2) is 23.1 Å². The van der Waals surface area contributed by atoms with Gasteiger partial charge in [-0.2, -0.15) is 0 Å². The Kier molecular flexibility index (Phi) is 3.39. The molecule has 0 spiro atoms. The van der Waals surface area contributed by atoms with Crippen molar-refractivity contribution in [3.63, 3.8) is 0 Å². The summed E-state index contributed by atoms with van der Waals surface area (Å²) in [7, 11) is 0. The van der Waals surface area contributed by atoms with Crippen molar-refractivity contribution in [2.45, 2.75) is 30.9 Å². The summed E-state index contributed by atoms with van der Waals surface area (Å²) in [4.78, 5) is 4.68. The van der Waals surface area contributed by atoms with Gasteiger partial charge >= 0.3 is 0 Å². The maximum atomic E-state index is 6.91. The lowest BCUT2D eigenvalue weighted by Gasteiger charge is -2.06. The molecule has 0 heterocycles. The van der Waals surface area contributed by atoms with Crippen molar-refractivity contribution in [2.24, 2.45) is 0 Å². The van der Waals surface area contributed by atoms with Gasteiger partial charge in [0.25, 0.3) is 0 Å². The Morgan fingerprint density at radius 2 is 2.08 bits per heavy atom. The van der Waals surface area contributed by atoms with Gasteiger partial charge in [0.1, 0.15) is 0 Å². The van der Waals surface area contributed by atoms with Crippen LogP contribution in [0, 0.1) is 13.5 Å². The van der Waals surface area contributed by atoms with Crippen molar-refractivity contribution in [3.8, 4) is 0 Å². The normalized spacial score (nSPS) is 10.1. The average Bonchev–Trinajstić information content (AvgIpc) is 2.03. The molecule has 1 aromatic carbocycles. The van der Waals surface area contributed by atoms with Crippen LogP contribution in [0.2, 0.25) is 0 Å². The molecule has 0 aliphatic rings. The molecule has 0 aliphatic heterocycles. The largest absolute Gasteiger partial charge is 0.238 e. The van der Waals surface area contributed by atoms with Gasteiger partial charge < -0.3 is 0 Å². The molecular formula is C11H13NS. The Bertz CT molecular complexity index is 336. The molecule has 0 N–H and O–H groups in total. The maximum absolute atomic E-state index is 6.91. The molecule has 0 radical (unpaired) electrons. The van der Waals surface area contributed by atoms with E-state index in [1.807, 2.05) is 30.8 Å². The van der Waals surface area contributed by atoms with Crippen LogP contribution in [0.25, 0.3) is 4.85 Å². The van der Waals surface area contributed by atoms with E-state index in [9.17, 15) is 0 Å². The Morgan fingerprint density at radius 1 is 1.38 bits per heavy atom. The Balaban J connectivity index is 2.91. The zero-order chi connectivity index (χ0) is 9.84. The fourth-order valence-corrected chi connectivity index (χ4v) is 2.03. The van der Waals surface area contributed by atoms with Gasteiger partial charge in [0.2, 0.25) is 0 Å². The van der Waals surface area contributed by atoms with Crippen LogP contribution < -0.4 is 0 Å². The van der Waals surface area contributed by atoms with E-state index in [4.69, 9.17) is 6.57 Å². The van der Waals surface area contributed by atoms with Gasteiger partial charge in [-0.05, 0) is 12.5 Å². The highest BCUT2D eigenvalue weighted by atomic mass is 32.2. The van der Waals surface area contributed by atoms with E-state index in [0.29, 0.717) is 5.25 Å². The topological polar surface area (TPSA) is 4.36 Å². The lowest BCUT2D eigenvalue weighted by molar-refractivity contribution is 1.11. The number of nitrogens with zero attached hydrogens (tertiary/aromatic N) is 1. The highest BCUT2D eigenvalue weighted by Gasteiger charge is 2.01. The number of hydrogen-bond donors (Lipinski definition) is 0. The highest BCUT2D eigenvalue weighted by molar-refractivity contribution is 7.99. The van der Waals surface area contributed by atoms with Gasteiger partial charge in [0, 0.05) is 10.1 Å². The predicted octanol–water partition coefficient (Wildman–Crippen LogP) is 4.05. The van der Waals surface area contributed by atoms with E-state index in [0.717, 1.165) is 11.3 Å². The number of aryl methyl sites for hydroxylation is 1. The standard InChI is InChI=1S/C11H13NS/c1-8(2)13-10-5-6-11(12-4)9(3)7-10/h5-8H,1-3H3. The lowest BCUT2D eigenvalue weighted by atomic mass is 10.2. The fourth-order valence-electron chi connectivity index (χ4n) is 1.10. The molecule has 0 atom stereocenters. The van der Waals surface area contributed by atoms with Gasteiger partial charge in [-0.1, -0.05) is 32.0 Å². The van der Waals surface area contributed by atoms with Gasteiger partial charge in [0.15, 0.2) is 5.69 Å². The van der Waals surface area contributed by atoms with Gasteiger partial charge in [-0.15, -0.1) is 11.8 Å². The van der Waals surface area contributed by atoms with Crippen LogP contribution >= 0.6 is 11.8 Å². The third-order valence-corrected chi connectivity index (χ3v) is 2.66. The van der Waals surface area contributed by atoms with Crippen molar-refractivity contribution < 1.29 is 0 Å². The zero-order valence-corrected chi connectivity index (χ0v) is 8.98. The molecule has 13 heavy (non-hydrogen) atoms. The molecule has 2 heteroatoms. The second-order valence-electron chi connectivity index (χ2n) is 3.23. The Morgan fingerprint density at radius 3 is 2.54 bits per heavy atom. The molecule has 0 saturated carbocycles. The molecule has 0 bridgehead atoms. The smallest absolute Gasteiger partial charge is 0.190 e. The van der Waals surface area contributed by atoms with E-state index >= 15 is 0 Å². The minimum absolute atomic E-state index is 0.596. The molecule has 1 nitrogen and oxygen atoms in total. The Labute approximate surface area is 84.0 Å². The summed E-state index contributed by atoms with van der Waals surface area (Å²) in [5, 5.41) is 0.596. The van der Waals surface area contributed by atoms with Gasteiger partial charge in [-0.25, -0.2) is 4.85 Å². The maximum Gasteiger partial charge on any atom is 0.190 e. The highest BCUT2D eigenvalue weighted by Crippen LogP contribution is 2.28. The summed E-state index contributed by atoms with van der Waals surface area (Å²) in [5.74, 6) is 0. The predicted molar refractivity (Wildman–Crippen MR) is 58.4 cm³/mol. The summed E-state index contributed by atoms with van der Waals surface area (Å²) in [5.41, 5.74) is 1.83. The first-order chi connectivity index (χ1) is 6.13. The Hall–Kier alpha value is -0.940. The lowest BCUT2D eigenvalue weighted by Crippen LogP contribution is -1.85. The molecule has 68 valence electrons. The van der Waals surface area contributed by atoms with Gasteiger partial charge in [0.05, 0.1) is 6.57 Å². The number of benzene rings is 1. The molecule has 0 fully saturated rings. The number of thioether (sulfide) groups is 1. The monoisotopic (exact) mass is 191 g/mol. The van der Waals surface area contributed by atoms with Crippen LogP contribution in [0.3, 0.4) is 0 Å². The zero-order valence-electron chi connectivity index (χ0n) is 8.16. The molecule has 0 amide bonds. The molecule has 1 aromatic rings. The van der Waals surface area contributed by atoms with Crippen LogP contribution in [-0.4, -0.2) is 5.25 Å². The molecule has 1 rings (SSSR count). The van der Waals surface area contributed by atoms with Crippen LogP contribution in [0.5, 0.6) is 0 Å². The van der Waals surface area contributed by atoms with Crippen LogP contribution in [0.4, 0.5) is 5.69 Å². The first-order valence-corrected chi connectivity index (χ1v) is 5.16. The quantitative estimate of drug-likeness (QED) is 0.504. The van der Waals surface area contributed by atoms with Crippen molar-refractivity contribution >= 4 is 17.4 Å². The van der Waals surface area contributed by atoms with E-state index in [1.165, 1.54) is 4.90 Å². The fraction of sp³-hybridized carbons (Fsp3) is 0.364. The van der Waals surface area contributed by atoms with Gasteiger partial charge in [-0.3, -0.25) is 0 Å². The molecule has 0 saturated heterocycles.